The smallest absolute Gasteiger partial charge is 0.188 e. The Morgan fingerprint density at radius 3 is 2.52 bits per heavy atom. The lowest BCUT2D eigenvalue weighted by atomic mass is 9.94. The maximum absolute atomic E-state index is 6.04. The minimum absolute atomic E-state index is 0.0227. The van der Waals surface area contributed by atoms with Crippen LogP contribution in [0.2, 0.25) is 0 Å². The molecule has 29 heavy (non-hydrogen) atoms. The Hall–Kier alpha value is -1.57. The van der Waals surface area contributed by atoms with Gasteiger partial charge in [-0.1, -0.05) is 52.8 Å². The van der Waals surface area contributed by atoms with Crippen LogP contribution in [0.4, 0.5) is 5.69 Å². The van der Waals surface area contributed by atoms with Crippen molar-refractivity contribution in [2.24, 2.45) is 0 Å². The second kappa shape index (κ2) is 9.96. The van der Waals surface area contributed by atoms with Crippen LogP contribution in [0.15, 0.2) is 36.4 Å². The first kappa shape index (κ1) is 22.1. The number of nitrogens with zero attached hydrogens (tertiary/aromatic N) is 1. The third-order valence-electron chi connectivity index (χ3n) is 6.10. The lowest BCUT2D eigenvalue weighted by Gasteiger charge is -2.35. The average Bonchev–Trinajstić information content (AvgIpc) is 2.74. The van der Waals surface area contributed by atoms with E-state index in [1.54, 1.807) is 7.11 Å². The summed E-state index contributed by atoms with van der Waals surface area (Å²) in [5.74, 6) is 0.984. The van der Waals surface area contributed by atoms with E-state index in [0.717, 1.165) is 12.2 Å². The number of methoxy groups -OCH3 is 1. The molecule has 1 saturated heterocycles. The van der Waals surface area contributed by atoms with Gasteiger partial charge in [0.1, 0.15) is 5.75 Å². The van der Waals surface area contributed by atoms with Crippen LogP contribution in [-0.4, -0.2) is 27.0 Å². The SMILES string of the molecule is CCC(C)(Pc1ccc(C)cc1N1CCCCC1)c1cccc(C)c1OCOC. The van der Waals surface area contributed by atoms with Crippen LogP contribution in [0.3, 0.4) is 0 Å². The number of ether oxygens (including phenoxy) is 2. The number of benzene rings is 2. The van der Waals surface area contributed by atoms with E-state index in [1.165, 1.54) is 60.0 Å². The fourth-order valence-electron chi connectivity index (χ4n) is 4.18. The zero-order valence-electron chi connectivity index (χ0n) is 18.7. The van der Waals surface area contributed by atoms with Crippen molar-refractivity contribution in [2.45, 2.75) is 58.5 Å². The molecule has 0 amide bonds. The fourth-order valence-corrected chi connectivity index (χ4v) is 5.81. The third-order valence-corrected chi connectivity index (χ3v) is 7.96. The third kappa shape index (κ3) is 5.13. The number of aryl methyl sites for hydroxylation is 2. The number of anilines is 1. The normalized spacial score (nSPS) is 16.9. The molecule has 1 heterocycles. The summed E-state index contributed by atoms with van der Waals surface area (Å²) in [6.45, 7) is 11.6. The maximum Gasteiger partial charge on any atom is 0.188 e. The molecule has 2 aromatic carbocycles. The highest BCUT2D eigenvalue weighted by atomic mass is 31.1. The largest absolute Gasteiger partial charge is 0.467 e. The minimum atomic E-state index is 0.0227. The molecule has 3 nitrogen and oxygen atoms in total. The molecule has 0 radical (unpaired) electrons. The van der Waals surface area contributed by atoms with E-state index in [4.69, 9.17) is 9.47 Å². The summed E-state index contributed by atoms with van der Waals surface area (Å²) in [5.41, 5.74) is 5.25. The standard InChI is InChI=1S/C25H36NO2P/c1-6-25(4,21-12-10-11-20(3)24(21)28-18-27-5)29-23-14-13-19(2)17-22(23)26-15-8-7-9-16-26/h10-14,17,29H,6-9,15-16,18H2,1-5H3. The summed E-state index contributed by atoms with van der Waals surface area (Å²) in [5, 5.41) is 1.50. The molecule has 1 aliphatic heterocycles. The Bertz CT molecular complexity index is 816. The van der Waals surface area contributed by atoms with Gasteiger partial charge in [0.05, 0.1) is 0 Å². The van der Waals surface area contributed by atoms with Gasteiger partial charge in [0.2, 0.25) is 0 Å². The van der Waals surface area contributed by atoms with Crippen LogP contribution in [0.1, 0.15) is 56.2 Å². The molecule has 0 aromatic heterocycles. The zero-order chi connectivity index (χ0) is 20.9. The Morgan fingerprint density at radius 2 is 1.83 bits per heavy atom. The second-order valence-corrected chi connectivity index (χ2v) is 10.3. The molecule has 1 aliphatic rings. The lowest BCUT2D eigenvalue weighted by Crippen LogP contribution is -2.33. The van der Waals surface area contributed by atoms with Gasteiger partial charge in [0, 0.05) is 36.6 Å². The summed E-state index contributed by atoms with van der Waals surface area (Å²) >= 11 is 0. The Balaban J connectivity index is 1.99. The number of piperidine rings is 1. The number of para-hydroxylation sites is 1. The van der Waals surface area contributed by atoms with Gasteiger partial charge in [-0.3, -0.25) is 0 Å². The number of rotatable bonds is 8. The van der Waals surface area contributed by atoms with Gasteiger partial charge in [-0.2, -0.15) is 0 Å². The van der Waals surface area contributed by atoms with E-state index < -0.39 is 0 Å². The first-order chi connectivity index (χ1) is 14.0. The highest BCUT2D eigenvalue weighted by Gasteiger charge is 2.31. The molecule has 0 N–H and O–H groups in total. The molecule has 2 unspecified atom stereocenters. The quantitative estimate of drug-likeness (QED) is 0.397. The van der Waals surface area contributed by atoms with Gasteiger partial charge in [0.15, 0.2) is 6.79 Å². The molecule has 0 saturated carbocycles. The van der Waals surface area contributed by atoms with Gasteiger partial charge in [-0.15, -0.1) is 0 Å². The molecule has 158 valence electrons. The predicted octanol–water partition coefficient (Wildman–Crippen LogP) is 5.91. The van der Waals surface area contributed by atoms with Crippen LogP contribution in [0.25, 0.3) is 0 Å². The molecule has 2 aromatic rings. The van der Waals surface area contributed by atoms with E-state index in [2.05, 4.69) is 69.0 Å². The molecule has 3 rings (SSSR count). The first-order valence-electron chi connectivity index (χ1n) is 10.8. The summed E-state index contributed by atoms with van der Waals surface area (Å²) < 4.78 is 11.2. The number of hydrogen-bond acceptors (Lipinski definition) is 3. The highest BCUT2D eigenvalue weighted by molar-refractivity contribution is 7.49. The van der Waals surface area contributed by atoms with Gasteiger partial charge >= 0.3 is 0 Å². The highest BCUT2D eigenvalue weighted by Crippen LogP contribution is 2.49. The van der Waals surface area contributed by atoms with Crippen molar-refractivity contribution in [3.05, 3.63) is 53.1 Å². The maximum atomic E-state index is 6.04. The Labute approximate surface area is 178 Å². The van der Waals surface area contributed by atoms with E-state index in [9.17, 15) is 0 Å². The van der Waals surface area contributed by atoms with Crippen LogP contribution >= 0.6 is 8.58 Å². The van der Waals surface area contributed by atoms with Crippen molar-refractivity contribution >= 4 is 19.6 Å². The van der Waals surface area contributed by atoms with E-state index in [1.807, 2.05) is 0 Å². The van der Waals surface area contributed by atoms with Gasteiger partial charge < -0.3 is 14.4 Å². The predicted molar refractivity (Wildman–Crippen MR) is 127 cm³/mol. The van der Waals surface area contributed by atoms with Crippen molar-refractivity contribution in [3.63, 3.8) is 0 Å². The summed E-state index contributed by atoms with van der Waals surface area (Å²) in [7, 11) is 2.36. The van der Waals surface area contributed by atoms with Crippen LogP contribution in [0, 0.1) is 13.8 Å². The zero-order valence-corrected chi connectivity index (χ0v) is 19.7. The molecule has 0 aliphatic carbocycles. The average molecular weight is 414 g/mol. The molecule has 1 fully saturated rings. The van der Waals surface area contributed by atoms with E-state index in [0.29, 0.717) is 8.58 Å². The number of hydrogen-bond donors (Lipinski definition) is 0. The summed E-state index contributed by atoms with van der Waals surface area (Å²) in [6.07, 6.45) is 5.02. The van der Waals surface area contributed by atoms with E-state index in [-0.39, 0.29) is 11.9 Å². The molecular formula is C25H36NO2P. The molecule has 0 bridgehead atoms. The van der Waals surface area contributed by atoms with Crippen LogP contribution in [-0.2, 0) is 9.89 Å². The summed E-state index contributed by atoms with van der Waals surface area (Å²) in [6, 6.07) is 13.5. The first-order valence-corrected chi connectivity index (χ1v) is 11.8. The minimum Gasteiger partial charge on any atom is -0.467 e. The molecule has 4 heteroatoms. The van der Waals surface area contributed by atoms with Gasteiger partial charge in [-0.05, 0) is 62.0 Å². The van der Waals surface area contributed by atoms with Crippen molar-refractivity contribution in [1.82, 2.24) is 0 Å². The Kier molecular flexibility index (Phi) is 7.60. The van der Waals surface area contributed by atoms with Crippen molar-refractivity contribution in [2.75, 3.05) is 31.9 Å². The monoisotopic (exact) mass is 413 g/mol. The second-order valence-electron chi connectivity index (χ2n) is 8.38. The fraction of sp³-hybridized carbons (Fsp3) is 0.520. The topological polar surface area (TPSA) is 21.7 Å². The van der Waals surface area contributed by atoms with Crippen molar-refractivity contribution in [3.8, 4) is 5.75 Å². The van der Waals surface area contributed by atoms with Crippen molar-refractivity contribution in [1.29, 1.82) is 0 Å². The molecular weight excluding hydrogens is 377 g/mol. The van der Waals surface area contributed by atoms with Crippen LogP contribution in [0.5, 0.6) is 5.75 Å². The van der Waals surface area contributed by atoms with Gasteiger partial charge in [0.25, 0.3) is 0 Å². The summed E-state index contributed by atoms with van der Waals surface area (Å²) in [4.78, 5) is 2.60. The van der Waals surface area contributed by atoms with E-state index >= 15 is 0 Å². The van der Waals surface area contributed by atoms with Gasteiger partial charge in [-0.25, -0.2) is 0 Å². The van der Waals surface area contributed by atoms with Crippen LogP contribution < -0.4 is 14.9 Å². The van der Waals surface area contributed by atoms with Crippen molar-refractivity contribution < 1.29 is 9.47 Å². The lowest BCUT2D eigenvalue weighted by molar-refractivity contribution is 0.0495. The Morgan fingerprint density at radius 1 is 1.07 bits per heavy atom. The molecule has 0 spiro atoms. The molecule has 2 atom stereocenters.